The average molecular weight is 394 g/mol. The zero-order chi connectivity index (χ0) is 8.43. The molecule has 0 nitrogen and oxygen atoms in total. The second-order valence-electron chi connectivity index (χ2n) is 1.97. The topological polar surface area (TPSA) is 0 Å². The minimum atomic E-state index is -0.172. The molecule has 0 bridgehead atoms. The zero-order valence-corrected chi connectivity index (χ0v) is 10.7. The van der Waals surface area contributed by atoms with Gasteiger partial charge < -0.3 is 0 Å². The smallest absolute Gasteiger partial charge is 0.142 e. The Labute approximate surface area is 95.0 Å². The molecule has 0 aliphatic rings. The summed E-state index contributed by atoms with van der Waals surface area (Å²) in [6.07, 6.45) is 0. The Hall–Kier alpha value is 0.840. The minimum Gasteiger partial charge on any atom is -0.205 e. The summed E-state index contributed by atoms with van der Waals surface area (Å²) in [5, 5.41) is 0.550. The third-order valence-electron chi connectivity index (χ3n) is 1.26. The molecule has 1 aromatic carbocycles. The number of benzene rings is 1. The van der Waals surface area contributed by atoms with Crippen molar-refractivity contribution >= 4 is 54.5 Å². The number of hydrogen-bond acceptors (Lipinski definition) is 0. The molecule has 0 saturated carbocycles. The van der Waals surface area contributed by atoms with Crippen LogP contribution in [0.25, 0.3) is 0 Å². The molecule has 4 heteroatoms. The maximum atomic E-state index is 13.2. The summed E-state index contributed by atoms with van der Waals surface area (Å²) in [6, 6.07) is 3.65. The quantitative estimate of drug-likeness (QED) is 0.383. The molecule has 0 aliphatic carbocycles. The third kappa shape index (κ3) is 2.15. The van der Waals surface area contributed by atoms with Crippen LogP contribution >= 0.6 is 54.5 Å². The van der Waals surface area contributed by atoms with E-state index in [2.05, 4.69) is 54.5 Å². The van der Waals surface area contributed by atoms with Gasteiger partial charge in [-0.1, -0.05) is 22.0 Å². The standard InChI is InChI=1S/C7H4Br2FI/c8-3-4-1-2-5(11)6(9)7(4)10/h1-2H,3H2. The first kappa shape index (κ1) is 9.92. The van der Waals surface area contributed by atoms with Crippen LogP contribution < -0.4 is 0 Å². The lowest BCUT2D eigenvalue weighted by molar-refractivity contribution is 0.609. The first-order valence-electron chi connectivity index (χ1n) is 2.85. The molecule has 0 fully saturated rings. The Morgan fingerprint density at radius 3 is 2.64 bits per heavy atom. The van der Waals surface area contributed by atoms with Gasteiger partial charge in [-0.05, 0) is 50.2 Å². The van der Waals surface area contributed by atoms with Crippen molar-refractivity contribution in [2.24, 2.45) is 0 Å². The molecule has 0 heterocycles. The van der Waals surface area contributed by atoms with E-state index >= 15 is 0 Å². The number of halogens is 4. The van der Waals surface area contributed by atoms with Gasteiger partial charge in [-0.25, -0.2) is 4.39 Å². The molecule has 11 heavy (non-hydrogen) atoms. The first-order valence-corrected chi connectivity index (χ1v) is 5.84. The maximum absolute atomic E-state index is 13.2. The van der Waals surface area contributed by atoms with Gasteiger partial charge in [0.2, 0.25) is 0 Å². The molecule has 0 radical (unpaired) electrons. The van der Waals surface area contributed by atoms with Crippen LogP contribution in [-0.4, -0.2) is 0 Å². The second-order valence-corrected chi connectivity index (χ2v) is 4.48. The molecule has 1 rings (SSSR count). The second kappa shape index (κ2) is 4.18. The van der Waals surface area contributed by atoms with Gasteiger partial charge in [0.15, 0.2) is 0 Å². The molecule has 0 atom stereocenters. The van der Waals surface area contributed by atoms with Crippen LogP contribution in [-0.2, 0) is 5.33 Å². The first-order chi connectivity index (χ1) is 5.16. The van der Waals surface area contributed by atoms with E-state index in [-0.39, 0.29) is 5.82 Å². The van der Waals surface area contributed by atoms with Crippen LogP contribution in [0, 0.1) is 9.39 Å². The number of alkyl halides is 1. The minimum absolute atomic E-state index is 0.172. The van der Waals surface area contributed by atoms with Crippen molar-refractivity contribution in [3.05, 3.63) is 31.6 Å². The van der Waals surface area contributed by atoms with Gasteiger partial charge in [-0.15, -0.1) is 0 Å². The van der Waals surface area contributed by atoms with Crippen LogP contribution in [0.1, 0.15) is 5.56 Å². The van der Waals surface area contributed by atoms with Gasteiger partial charge in [-0.3, -0.25) is 0 Å². The largest absolute Gasteiger partial charge is 0.205 e. The van der Waals surface area contributed by atoms with Gasteiger partial charge in [0, 0.05) is 8.90 Å². The molecule has 0 N–H and O–H groups in total. The molecule has 0 unspecified atom stereocenters. The molecular formula is C7H4Br2FI. The summed E-state index contributed by atoms with van der Waals surface area (Å²) in [4.78, 5) is 0. The summed E-state index contributed by atoms with van der Waals surface area (Å²) in [5.41, 5.74) is 0.678. The number of rotatable bonds is 1. The van der Waals surface area contributed by atoms with Crippen molar-refractivity contribution in [1.29, 1.82) is 0 Å². The highest BCUT2D eigenvalue weighted by Crippen LogP contribution is 2.25. The van der Waals surface area contributed by atoms with Gasteiger partial charge in [0.25, 0.3) is 0 Å². The van der Waals surface area contributed by atoms with Gasteiger partial charge in [0.1, 0.15) is 5.82 Å². The van der Waals surface area contributed by atoms with E-state index in [1.54, 1.807) is 6.07 Å². The van der Waals surface area contributed by atoms with E-state index in [9.17, 15) is 4.39 Å². The van der Waals surface area contributed by atoms with E-state index in [4.69, 9.17) is 0 Å². The fourth-order valence-corrected chi connectivity index (χ4v) is 1.91. The van der Waals surface area contributed by atoms with Crippen LogP contribution in [0.4, 0.5) is 4.39 Å². The fraction of sp³-hybridized carbons (Fsp3) is 0.143. The summed E-state index contributed by atoms with van der Waals surface area (Å²) < 4.78 is 14.6. The van der Waals surface area contributed by atoms with Gasteiger partial charge >= 0.3 is 0 Å². The van der Waals surface area contributed by atoms with E-state index in [1.807, 2.05) is 6.07 Å². The fourth-order valence-electron chi connectivity index (χ4n) is 0.669. The Morgan fingerprint density at radius 1 is 1.45 bits per heavy atom. The number of hydrogen-bond donors (Lipinski definition) is 0. The summed E-state index contributed by atoms with van der Waals surface area (Å²) in [7, 11) is 0. The third-order valence-corrected chi connectivity index (χ3v) is 4.28. The summed E-state index contributed by atoms with van der Waals surface area (Å²) >= 11 is 8.45. The van der Waals surface area contributed by atoms with E-state index in [0.717, 1.165) is 3.57 Å². The normalized spacial score (nSPS) is 10.2. The van der Waals surface area contributed by atoms with Crippen molar-refractivity contribution in [3.63, 3.8) is 0 Å². The highest BCUT2D eigenvalue weighted by molar-refractivity contribution is 14.1. The van der Waals surface area contributed by atoms with Crippen molar-refractivity contribution in [2.75, 3.05) is 0 Å². The molecule has 0 aliphatic heterocycles. The Bertz CT molecular complexity index is 275. The van der Waals surface area contributed by atoms with Crippen molar-refractivity contribution in [3.8, 4) is 0 Å². The van der Waals surface area contributed by atoms with Crippen molar-refractivity contribution in [1.82, 2.24) is 0 Å². The van der Waals surface area contributed by atoms with Crippen LogP contribution in [0.15, 0.2) is 16.6 Å². The maximum Gasteiger partial charge on any atom is 0.142 e. The highest BCUT2D eigenvalue weighted by Gasteiger charge is 2.07. The molecule has 0 aromatic heterocycles. The summed E-state index contributed by atoms with van der Waals surface area (Å²) in [5.74, 6) is -0.172. The average Bonchev–Trinajstić information content (AvgIpc) is 2.01. The highest BCUT2D eigenvalue weighted by atomic mass is 127. The molecule has 1 aromatic rings. The Morgan fingerprint density at radius 2 is 2.09 bits per heavy atom. The molecule has 0 amide bonds. The lowest BCUT2D eigenvalue weighted by Gasteiger charge is -2.01. The van der Waals surface area contributed by atoms with Crippen molar-refractivity contribution in [2.45, 2.75) is 5.33 Å². The molecule has 60 valence electrons. The van der Waals surface area contributed by atoms with E-state index in [0.29, 0.717) is 15.4 Å². The molecule has 0 saturated heterocycles. The van der Waals surface area contributed by atoms with Crippen molar-refractivity contribution < 1.29 is 4.39 Å². The Kier molecular flexibility index (Phi) is 3.77. The van der Waals surface area contributed by atoms with Crippen LogP contribution in [0.5, 0.6) is 0 Å². The monoisotopic (exact) mass is 392 g/mol. The lowest BCUT2D eigenvalue weighted by Crippen LogP contribution is -1.89. The van der Waals surface area contributed by atoms with Crippen LogP contribution in [0.2, 0.25) is 0 Å². The molecular weight excluding hydrogens is 390 g/mol. The van der Waals surface area contributed by atoms with E-state index in [1.165, 1.54) is 0 Å². The Balaban J connectivity index is 3.25. The lowest BCUT2D eigenvalue weighted by atomic mass is 10.2. The molecule has 0 spiro atoms. The van der Waals surface area contributed by atoms with Gasteiger partial charge in [-0.2, -0.15) is 0 Å². The SMILES string of the molecule is Fc1c(CBr)ccc(I)c1Br. The predicted molar refractivity (Wildman–Crippen MR) is 59.4 cm³/mol. The van der Waals surface area contributed by atoms with Crippen LogP contribution in [0.3, 0.4) is 0 Å². The van der Waals surface area contributed by atoms with Gasteiger partial charge in [0.05, 0.1) is 4.47 Å². The summed E-state index contributed by atoms with van der Waals surface area (Å²) in [6.45, 7) is 0. The van der Waals surface area contributed by atoms with E-state index < -0.39 is 0 Å². The zero-order valence-electron chi connectivity index (χ0n) is 5.37. The predicted octanol–water partition coefficient (Wildman–Crippen LogP) is 4.09.